The summed E-state index contributed by atoms with van der Waals surface area (Å²) in [5, 5.41) is 9.61. The number of carbonyl (C=O) groups excluding carboxylic acids is 1. The number of hydrogen-bond acceptors (Lipinski definition) is 5. The van der Waals surface area contributed by atoms with Crippen molar-refractivity contribution in [2.75, 3.05) is 16.0 Å². The van der Waals surface area contributed by atoms with Crippen molar-refractivity contribution in [1.82, 2.24) is 9.97 Å². The highest BCUT2D eigenvalue weighted by atomic mass is 79.9. The largest absolute Gasteiger partial charge is 0.339 e. The summed E-state index contributed by atoms with van der Waals surface area (Å²) >= 11 is 9.70. The minimum absolute atomic E-state index is 0.180. The molecule has 0 radical (unpaired) electrons. The van der Waals surface area contributed by atoms with E-state index in [9.17, 15) is 4.79 Å². The van der Waals surface area contributed by atoms with Gasteiger partial charge in [0.05, 0.1) is 6.20 Å². The number of nitrogens with zero attached hydrogens (tertiary/aromatic N) is 2. The van der Waals surface area contributed by atoms with E-state index >= 15 is 0 Å². The van der Waals surface area contributed by atoms with Crippen LogP contribution in [0.2, 0.25) is 5.02 Å². The van der Waals surface area contributed by atoms with Crippen molar-refractivity contribution in [3.8, 4) is 0 Å². The van der Waals surface area contributed by atoms with Crippen molar-refractivity contribution in [3.05, 3.63) is 100 Å². The Bertz CT molecular complexity index is 1220. The molecule has 0 atom stereocenters. The molecule has 0 saturated carbocycles. The van der Waals surface area contributed by atoms with Crippen LogP contribution in [0.3, 0.4) is 0 Å². The quantitative estimate of drug-likeness (QED) is 0.280. The Labute approximate surface area is 192 Å². The van der Waals surface area contributed by atoms with E-state index < -0.39 is 0 Å². The van der Waals surface area contributed by atoms with Crippen molar-refractivity contribution >= 4 is 62.3 Å². The van der Waals surface area contributed by atoms with Crippen LogP contribution in [0.25, 0.3) is 0 Å². The molecular weight excluding hydrogens is 478 g/mol. The summed E-state index contributed by atoms with van der Waals surface area (Å²) in [5.74, 6) is 0.667. The summed E-state index contributed by atoms with van der Waals surface area (Å²) in [4.78, 5) is 21.1. The van der Waals surface area contributed by atoms with Crippen LogP contribution < -0.4 is 16.0 Å². The molecular formula is C23H17BrClN5O. The van der Waals surface area contributed by atoms with E-state index in [2.05, 4.69) is 41.8 Å². The Hall–Kier alpha value is -3.42. The van der Waals surface area contributed by atoms with Crippen LogP contribution in [0.5, 0.6) is 0 Å². The third kappa shape index (κ3) is 5.59. The van der Waals surface area contributed by atoms with E-state index in [-0.39, 0.29) is 5.91 Å². The van der Waals surface area contributed by atoms with Gasteiger partial charge in [-0.2, -0.15) is 4.98 Å². The van der Waals surface area contributed by atoms with Gasteiger partial charge in [0.2, 0.25) is 5.95 Å². The average Bonchev–Trinajstić information content (AvgIpc) is 2.77. The lowest BCUT2D eigenvalue weighted by Crippen LogP contribution is -2.11. The lowest BCUT2D eigenvalue weighted by atomic mass is 10.2. The lowest BCUT2D eigenvalue weighted by molar-refractivity contribution is 0.102. The Balaban J connectivity index is 1.49. The fraction of sp³-hybridized carbons (Fsp3) is 0. The fourth-order valence-electron chi connectivity index (χ4n) is 2.81. The topological polar surface area (TPSA) is 78.9 Å². The van der Waals surface area contributed by atoms with Gasteiger partial charge in [-0.3, -0.25) is 4.79 Å². The number of halogens is 2. The van der Waals surface area contributed by atoms with Crippen LogP contribution in [-0.4, -0.2) is 15.9 Å². The van der Waals surface area contributed by atoms with Crippen LogP contribution in [-0.2, 0) is 0 Å². The molecule has 3 N–H and O–H groups in total. The minimum atomic E-state index is -0.180. The van der Waals surface area contributed by atoms with E-state index in [1.807, 2.05) is 60.7 Å². The first-order chi connectivity index (χ1) is 15.1. The molecule has 4 rings (SSSR count). The van der Waals surface area contributed by atoms with Gasteiger partial charge in [-0.15, -0.1) is 0 Å². The molecule has 4 aromatic rings. The summed E-state index contributed by atoms with van der Waals surface area (Å²) in [5.41, 5.74) is 2.80. The average molecular weight is 495 g/mol. The van der Waals surface area contributed by atoms with Gasteiger partial charge in [-0.1, -0.05) is 57.9 Å². The van der Waals surface area contributed by atoms with E-state index in [0.29, 0.717) is 28.0 Å². The maximum absolute atomic E-state index is 12.4. The van der Waals surface area contributed by atoms with Gasteiger partial charge in [0.25, 0.3) is 5.91 Å². The zero-order valence-corrected chi connectivity index (χ0v) is 18.5. The highest BCUT2D eigenvalue weighted by Crippen LogP contribution is 2.26. The summed E-state index contributed by atoms with van der Waals surface area (Å²) < 4.78 is 0.940. The zero-order valence-electron chi connectivity index (χ0n) is 16.1. The highest BCUT2D eigenvalue weighted by Gasteiger charge is 2.09. The molecule has 1 amide bonds. The molecule has 0 fully saturated rings. The SMILES string of the molecule is O=C(Nc1cccc(Nc2ncc(Cl)c(Nc3cccc(Br)c3)n2)c1)c1ccccc1. The molecule has 3 aromatic carbocycles. The van der Waals surface area contributed by atoms with Gasteiger partial charge < -0.3 is 16.0 Å². The molecule has 0 saturated heterocycles. The second kappa shape index (κ2) is 9.59. The molecule has 0 spiro atoms. The molecule has 31 heavy (non-hydrogen) atoms. The minimum Gasteiger partial charge on any atom is -0.339 e. The molecule has 0 aliphatic heterocycles. The van der Waals surface area contributed by atoms with E-state index in [1.54, 1.807) is 18.2 Å². The van der Waals surface area contributed by atoms with Crippen molar-refractivity contribution in [2.45, 2.75) is 0 Å². The molecule has 6 nitrogen and oxygen atoms in total. The molecule has 0 aliphatic carbocycles. The van der Waals surface area contributed by atoms with Crippen molar-refractivity contribution in [2.24, 2.45) is 0 Å². The van der Waals surface area contributed by atoms with E-state index in [4.69, 9.17) is 11.6 Å². The van der Waals surface area contributed by atoms with Crippen LogP contribution in [0.4, 0.5) is 28.8 Å². The maximum atomic E-state index is 12.4. The second-order valence-corrected chi connectivity index (χ2v) is 7.87. The summed E-state index contributed by atoms with van der Waals surface area (Å²) in [6.07, 6.45) is 1.53. The first kappa shape index (κ1) is 20.8. The number of nitrogens with one attached hydrogen (secondary N) is 3. The molecule has 0 aliphatic rings. The lowest BCUT2D eigenvalue weighted by Gasteiger charge is -2.11. The van der Waals surface area contributed by atoms with Crippen molar-refractivity contribution < 1.29 is 4.79 Å². The smallest absolute Gasteiger partial charge is 0.255 e. The van der Waals surface area contributed by atoms with Gasteiger partial charge in [-0.05, 0) is 48.5 Å². The van der Waals surface area contributed by atoms with Crippen LogP contribution in [0, 0.1) is 0 Å². The maximum Gasteiger partial charge on any atom is 0.255 e. The van der Waals surface area contributed by atoms with Gasteiger partial charge in [0.15, 0.2) is 5.82 Å². The highest BCUT2D eigenvalue weighted by molar-refractivity contribution is 9.10. The third-order valence-electron chi connectivity index (χ3n) is 4.24. The number of anilines is 5. The van der Waals surface area contributed by atoms with Crippen LogP contribution in [0.1, 0.15) is 10.4 Å². The summed E-state index contributed by atoms with van der Waals surface area (Å²) in [6.45, 7) is 0. The van der Waals surface area contributed by atoms with Crippen molar-refractivity contribution in [1.29, 1.82) is 0 Å². The second-order valence-electron chi connectivity index (χ2n) is 6.55. The Morgan fingerprint density at radius 3 is 2.32 bits per heavy atom. The Kier molecular flexibility index (Phi) is 6.45. The molecule has 8 heteroatoms. The summed E-state index contributed by atoms with van der Waals surface area (Å²) in [6, 6.07) is 24.0. The standard InChI is InChI=1S/C23H17BrClN5O/c24-16-8-4-9-17(12-16)27-21-20(25)14-26-23(30-21)29-19-11-5-10-18(13-19)28-22(31)15-6-2-1-3-7-15/h1-14H,(H,28,31)(H2,26,27,29,30). The molecule has 0 unspecified atom stereocenters. The van der Waals surface area contributed by atoms with E-state index in [1.165, 1.54) is 6.20 Å². The normalized spacial score (nSPS) is 10.4. The Morgan fingerprint density at radius 1 is 0.839 bits per heavy atom. The van der Waals surface area contributed by atoms with Crippen LogP contribution >= 0.6 is 27.5 Å². The number of aromatic nitrogens is 2. The molecule has 154 valence electrons. The number of amides is 1. The first-order valence-electron chi connectivity index (χ1n) is 9.35. The Morgan fingerprint density at radius 2 is 1.55 bits per heavy atom. The fourth-order valence-corrected chi connectivity index (χ4v) is 3.35. The number of carbonyl (C=O) groups is 1. The zero-order chi connectivity index (χ0) is 21.6. The number of rotatable bonds is 6. The summed E-state index contributed by atoms with van der Waals surface area (Å²) in [7, 11) is 0. The molecule has 0 bridgehead atoms. The third-order valence-corrected chi connectivity index (χ3v) is 5.01. The van der Waals surface area contributed by atoms with Crippen LogP contribution in [0.15, 0.2) is 89.5 Å². The van der Waals surface area contributed by atoms with Gasteiger partial charge in [-0.25, -0.2) is 4.98 Å². The predicted molar refractivity (Wildman–Crippen MR) is 129 cm³/mol. The van der Waals surface area contributed by atoms with Gasteiger partial charge in [0.1, 0.15) is 5.02 Å². The predicted octanol–water partition coefficient (Wildman–Crippen LogP) is 6.63. The monoisotopic (exact) mass is 493 g/mol. The van der Waals surface area contributed by atoms with E-state index in [0.717, 1.165) is 15.8 Å². The van der Waals surface area contributed by atoms with Gasteiger partial charge >= 0.3 is 0 Å². The number of benzene rings is 3. The number of hydrogen-bond donors (Lipinski definition) is 3. The first-order valence-corrected chi connectivity index (χ1v) is 10.5. The molecule has 1 heterocycles. The van der Waals surface area contributed by atoms with Gasteiger partial charge in [0, 0.05) is 27.1 Å². The molecule has 1 aromatic heterocycles. The van der Waals surface area contributed by atoms with Crippen molar-refractivity contribution in [3.63, 3.8) is 0 Å².